The van der Waals surface area contributed by atoms with Crippen molar-refractivity contribution in [2.24, 2.45) is 5.41 Å². The minimum Gasteiger partial charge on any atom is -0.497 e. The Morgan fingerprint density at radius 2 is 2.14 bits per heavy atom. The minimum atomic E-state index is -0.496. The average molecular weight is 310 g/mol. The highest BCUT2D eigenvalue weighted by molar-refractivity contribution is 5.89. The predicted molar refractivity (Wildman–Crippen MR) is 82.6 cm³/mol. The summed E-state index contributed by atoms with van der Waals surface area (Å²) in [5.41, 5.74) is 0.0247. The first-order valence-electron chi connectivity index (χ1n) is 7.54. The van der Waals surface area contributed by atoms with Gasteiger partial charge in [0.2, 0.25) is 0 Å². The molecule has 5 nitrogen and oxygen atoms in total. The zero-order valence-electron chi connectivity index (χ0n) is 13.1. The maximum atomic E-state index is 13.7. The third-order valence-electron chi connectivity index (χ3n) is 4.61. The molecule has 1 aliphatic rings. The largest absolute Gasteiger partial charge is 0.497 e. The Balaban J connectivity index is 1.99. The maximum absolute atomic E-state index is 13.7. The average Bonchev–Trinajstić information content (AvgIpc) is 2.56. The number of ether oxygens (including phenoxy) is 1. The number of amides is 2. The summed E-state index contributed by atoms with van der Waals surface area (Å²) in [7, 11) is 1.49. The lowest BCUT2D eigenvalue weighted by Crippen LogP contribution is -2.46. The molecule has 0 saturated carbocycles. The summed E-state index contributed by atoms with van der Waals surface area (Å²) in [6.07, 6.45) is 2.41. The van der Waals surface area contributed by atoms with Crippen LogP contribution in [0.2, 0.25) is 0 Å². The number of halogens is 1. The van der Waals surface area contributed by atoms with E-state index in [2.05, 4.69) is 12.2 Å². The fraction of sp³-hybridized carbons (Fsp3) is 0.562. The van der Waals surface area contributed by atoms with Gasteiger partial charge in [-0.3, -0.25) is 0 Å². The molecule has 1 saturated heterocycles. The van der Waals surface area contributed by atoms with Gasteiger partial charge in [0.25, 0.3) is 0 Å². The smallest absolute Gasteiger partial charge is 0.321 e. The number of likely N-dealkylation sites (tertiary alicyclic amines) is 1. The maximum Gasteiger partial charge on any atom is 0.321 e. The molecule has 2 rings (SSSR count). The highest BCUT2D eigenvalue weighted by Crippen LogP contribution is 2.34. The fourth-order valence-electron chi connectivity index (χ4n) is 2.73. The Morgan fingerprint density at radius 1 is 1.45 bits per heavy atom. The molecule has 22 heavy (non-hydrogen) atoms. The number of methoxy groups -OCH3 is 1. The number of carbonyl (C=O) groups excluding carboxylic acids is 1. The molecule has 2 N–H and O–H groups in total. The van der Waals surface area contributed by atoms with E-state index in [0.717, 1.165) is 19.3 Å². The number of aliphatic hydroxyl groups is 1. The standard InChI is InChI=1S/C16H23FN2O3/c1-3-16(11-20)6-8-19(9-7-16)15(21)18-14-10-12(22-2)4-5-13(14)17/h4-5,10,20H,3,6-9,11H2,1-2H3,(H,18,21). The van der Waals surface area contributed by atoms with E-state index < -0.39 is 5.82 Å². The Bertz CT molecular complexity index is 522. The normalized spacial score (nSPS) is 17.2. The van der Waals surface area contributed by atoms with Crippen LogP contribution in [0.3, 0.4) is 0 Å². The van der Waals surface area contributed by atoms with Crippen molar-refractivity contribution in [2.45, 2.75) is 26.2 Å². The van der Waals surface area contributed by atoms with Crippen LogP contribution in [0.5, 0.6) is 5.75 Å². The van der Waals surface area contributed by atoms with Gasteiger partial charge in [-0.25, -0.2) is 9.18 Å². The molecule has 122 valence electrons. The van der Waals surface area contributed by atoms with E-state index in [1.807, 2.05) is 0 Å². The van der Waals surface area contributed by atoms with Gasteiger partial charge < -0.3 is 20.1 Å². The summed E-state index contributed by atoms with van der Waals surface area (Å²) in [5, 5.41) is 12.1. The summed E-state index contributed by atoms with van der Waals surface area (Å²) >= 11 is 0. The van der Waals surface area contributed by atoms with Crippen molar-refractivity contribution < 1.29 is 19.0 Å². The van der Waals surface area contributed by atoms with Crippen LogP contribution >= 0.6 is 0 Å². The van der Waals surface area contributed by atoms with Crippen LogP contribution in [0, 0.1) is 11.2 Å². The van der Waals surface area contributed by atoms with Crippen molar-refractivity contribution in [1.29, 1.82) is 0 Å². The van der Waals surface area contributed by atoms with Crippen molar-refractivity contribution >= 4 is 11.7 Å². The number of anilines is 1. The van der Waals surface area contributed by atoms with Gasteiger partial charge in [0.15, 0.2) is 0 Å². The quantitative estimate of drug-likeness (QED) is 0.899. The van der Waals surface area contributed by atoms with Crippen molar-refractivity contribution in [3.05, 3.63) is 24.0 Å². The van der Waals surface area contributed by atoms with Crippen LogP contribution < -0.4 is 10.1 Å². The first kappa shape index (κ1) is 16.5. The second kappa shape index (κ2) is 6.96. The van der Waals surface area contributed by atoms with Gasteiger partial charge in [-0.2, -0.15) is 0 Å². The highest BCUT2D eigenvalue weighted by atomic mass is 19.1. The fourth-order valence-corrected chi connectivity index (χ4v) is 2.73. The number of hydrogen-bond donors (Lipinski definition) is 2. The van der Waals surface area contributed by atoms with Gasteiger partial charge in [0, 0.05) is 25.8 Å². The van der Waals surface area contributed by atoms with Gasteiger partial charge in [0.05, 0.1) is 12.8 Å². The lowest BCUT2D eigenvalue weighted by atomic mass is 9.77. The second-order valence-electron chi connectivity index (χ2n) is 5.77. The molecule has 0 atom stereocenters. The summed E-state index contributed by atoms with van der Waals surface area (Å²) < 4.78 is 18.8. The SMILES string of the molecule is CCC1(CO)CCN(C(=O)Nc2cc(OC)ccc2F)CC1. The summed E-state index contributed by atoms with van der Waals surface area (Å²) in [6.45, 7) is 3.32. The zero-order valence-corrected chi connectivity index (χ0v) is 13.1. The van der Waals surface area contributed by atoms with E-state index in [0.29, 0.717) is 18.8 Å². The molecule has 1 heterocycles. The first-order valence-corrected chi connectivity index (χ1v) is 7.54. The van der Waals surface area contributed by atoms with Crippen LogP contribution in [0.4, 0.5) is 14.9 Å². The third-order valence-corrected chi connectivity index (χ3v) is 4.61. The van der Waals surface area contributed by atoms with E-state index in [-0.39, 0.29) is 23.7 Å². The number of nitrogens with zero attached hydrogens (tertiary/aromatic N) is 1. The first-order chi connectivity index (χ1) is 10.5. The number of urea groups is 1. The number of hydrogen-bond acceptors (Lipinski definition) is 3. The lowest BCUT2D eigenvalue weighted by Gasteiger charge is -2.40. The van der Waals surface area contributed by atoms with Crippen LogP contribution in [0.15, 0.2) is 18.2 Å². The van der Waals surface area contributed by atoms with Crippen molar-refractivity contribution in [1.82, 2.24) is 4.90 Å². The van der Waals surface area contributed by atoms with Crippen molar-refractivity contribution in [3.63, 3.8) is 0 Å². The Labute approximate surface area is 130 Å². The molecule has 0 aliphatic carbocycles. The topological polar surface area (TPSA) is 61.8 Å². The predicted octanol–water partition coefficient (Wildman–Crippen LogP) is 2.85. The second-order valence-corrected chi connectivity index (χ2v) is 5.77. The van der Waals surface area contributed by atoms with Crippen LogP contribution in [0.1, 0.15) is 26.2 Å². The number of nitrogens with one attached hydrogen (secondary N) is 1. The van der Waals surface area contributed by atoms with E-state index in [1.54, 1.807) is 4.90 Å². The van der Waals surface area contributed by atoms with Gasteiger partial charge in [-0.05, 0) is 36.8 Å². The Kier molecular flexibility index (Phi) is 5.24. The third kappa shape index (κ3) is 3.50. The van der Waals surface area contributed by atoms with Gasteiger partial charge in [-0.15, -0.1) is 0 Å². The van der Waals surface area contributed by atoms with Crippen molar-refractivity contribution in [3.8, 4) is 5.75 Å². The van der Waals surface area contributed by atoms with E-state index in [9.17, 15) is 14.3 Å². The van der Waals surface area contributed by atoms with Gasteiger partial charge in [-0.1, -0.05) is 6.92 Å². The molecule has 1 aromatic carbocycles. The highest BCUT2D eigenvalue weighted by Gasteiger charge is 2.34. The summed E-state index contributed by atoms with van der Waals surface area (Å²) in [4.78, 5) is 13.9. The number of piperidine rings is 1. The summed E-state index contributed by atoms with van der Waals surface area (Å²) in [5.74, 6) is -0.00922. The summed E-state index contributed by atoms with van der Waals surface area (Å²) in [6, 6.07) is 3.90. The van der Waals surface area contributed by atoms with Gasteiger partial charge >= 0.3 is 6.03 Å². The Morgan fingerprint density at radius 3 is 2.68 bits per heavy atom. The zero-order chi connectivity index (χ0) is 16.2. The van der Waals surface area contributed by atoms with Crippen molar-refractivity contribution in [2.75, 3.05) is 32.1 Å². The van der Waals surface area contributed by atoms with E-state index in [1.165, 1.54) is 25.3 Å². The molecule has 0 radical (unpaired) electrons. The molecular formula is C16H23FN2O3. The molecular weight excluding hydrogens is 287 g/mol. The molecule has 0 unspecified atom stereocenters. The molecule has 2 amide bonds. The van der Waals surface area contributed by atoms with Crippen LogP contribution in [0.25, 0.3) is 0 Å². The minimum absolute atomic E-state index is 0.0853. The molecule has 0 aromatic heterocycles. The number of benzene rings is 1. The Hall–Kier alpha value is -1.82. The van der Waals surface area contributed by atoms with E-state index >= 15 is 0 Å². The van der Waals surface area contributed by atoms with Gasteiger partial charge in [0.1, 0.15) is 11.6 Å². The van der Waals surface area contributed by atoms with Crippen LogP contribution in [-0.4, -0.2) is 42.8 Å². The monoisotopic (exact) mass is 310 g/mol. The number of carbonyl (C=O) groups is 1. The van der Waals surface area contributed by atoms with Crippen LogP contribution in [-0.2, 0) is 0 Å². The number of rotatable bonds is 4. The van der Waals surface area contributed by atoms with E-state index in [4.69, 9.17) is 4.74 Å². The molecule has 6 heteroatoms. The molecule has 0 bridgehead atoms. The molecule has 1 aliphatic heterocycles. The lowest BCUT2D eigenvalue weighted by molar-refractivity contribution is 0.0542. The molecule has 1 fully saturated rings. The molecule has 1 aromatic rings. The molecule has 0 spiro atoms. The number of aliphatic hydroxyl groups excluding tert-OH is 1.